The molecule has 0 bridgehead atoms. The van der Waals surface area contributed by atoms with Crippen LogP contribution in [0.25, 0.3) is 0 Å². The fourth-order valence-electron chi connectivity index (χ4n) is 1.65. The standard InChI is InChI=1S/C10H12N4O2/c1-14-5-8(2-9(14)15)13-10(16)7-3-11-6-12-4-7/h3-4,6,8H,2,5H2,1H3,(H,13,16). The van der Waals surface area contributed by atoms with Gasteiger partial charge in [-0.3, -0.25) is 9.59 Å². The molecule has 0 saturated carbocycles. The molecule has 0 aromatic carbocycles. The van der Waals surface area contributed by atoms with Crippen molar-refractivity contribution in [2.24, 2.45) is 0 Å². The lowest BCUT2D eigenvalue weighted by atomic mass is 10.2. The second-order valence-corrected chi connectivity index (χ2v) is 3.78. The maximum Gasteiger partial charge on any atom is 0.254 e. The van der Waals surface area contributed by atoms with Crippen LogP contribution in [0.1, 0.15) is 16.8 Å². The number of rotatable bonds is 2. The first kappa shape index (κ1) is 10.5. The van der Waals surface area contributed by atoms with Crippen molar-refractivity contribution in [3.8, 4) is 0 Å². The Morgan fingerprint density at radius 3 is 2.75 bits per heavy atom. The van der Waals surface area contributed by atoms with E-state index in [1.165, 1.54) is 18.7 Å². The minimum absolute atomic E-state index is 0.0506. The van der Waals surface area contributed by atoms with Crippen LogP contribution in [0.5, 0.6) is 0 Å². The Morgan fingerprint density at radius 1 is 1.50 bits per heavy atom. The third-order valence-corrected chi connectivity index (χ3v) is 2.50. The average Bonchev–Trinajstić information content (AvgIpc) is 2.59. The molecule has 0 aliphatic carbocycles. The topological polar surface area (TPSA) is 75.2 Å². The molecule has 0 spiro atoms. The Morgan fingerprint density at radius 2 is 2.19 bits per heavy atom. The van der Waals surface area contributed by atoms with Gasteiger partial charge in [0, 0.05) is 32.4 Å². The van der Waals surface area contributed by atoms with Crippen LogP contribution in [-0.2, 0) is 4.79 Å². The molecule has 1 N–H and O–H groups in total. The van der Waals surface area contributed by atoms with E-state index in [-0.39, 0.29) is 17.9 Å². The molecule has 2 heterocycles. The fraction of sp³-hybridized carbons (Fsp3) is 0.400. The number of carbonyl (C=O) groups excluding carboxylic acids is 2. The second kappa shape index (κ2) is 4.26. The quantitative estimate of drug-likeness (QED) is 0.724. The van der Waals surface area contributed by atoms with Gasteiger partial charge in [0.15, 0.2) is 0 Å². The molecular weight excluding hydrogens is 208 g/mol. The Labute approximate surface area is 92.7 Å². The first-order valence-electron chi connectivity index (χ1n) is 4.96. The molecule has 1 atom stereocenters. The molecule has 16 heavy (non-hydrogen) atoms. The van der Waals surface area contributed by atoms with Crippen molar-refractivity contribution in [1.82, 2.24) is 20.2 Å². The molecule has 84 valence electrons. The lowest BCUT2D eigenvalue weighted by Crippen LogP contribution is -2.36. The summed E-state index contributed by atoms with van der Waals surface area (Å²) in [5, 5.41) is 2.77. The maximum atomic E-state index is 11.7. The van der Waals surface area contributed by atoms with Crippen molar-refractivity contribution in [2.45, 2.75) is 12.5 Å². The van der Waals surface area contributed by atoms with Crippen LogP contribution >= 0.6 is 0 Å². The molecule has 1 aromatic heterocycles. The predicted molar refractivity (Wildman–Crippen MR) is 55.5 cm³/mol. The maximum absolute atomic E-state index is 11.7. The van der Waals surface area contributed by atoms with E-state index >= 15 is 0 Å². The van der Waals surface area contributed by atoms with Crippen LogP contribution < -0.4 is 5.32 Å². The number of likely N-dealkylation sites (tertiary alicyclic amines) is 1. The monoisotopic (exact) mass is 220 g/mol. The molecule has 1 aliphatic heterocycles. The molecule has 6 nitrogen and oxygen atoms in total. The van der Waals surface area contributed by atoms with Gasteiger partial charge in [-0.05, 0) is 0 Å². The van der Waals surface area contributed by atoms with Crippen LogP contribution in [0.3, 0.4) is 0 Å². The van der Waals surface area contributed by atoms with Gasteiger partial charge in [0.1, 0.15) is 6.33 Å². The summed E-state index contributed by atoms with van der Waals surface area (Å²) in [7, 11) is 1.72. The highest BCUT2D eigenvalue weighted by Gasteiger charge is 2.28. The van der Waals surface area contributed by atoms with E-state index in [0.717, 1.165) is 0 Å². The smallest absolute Gasteiger partial charge is 0.254 e. The summed E-state index contributed by atoms with van der Waals surface area (Å²) in [6, 6.07) is -0.120. The van der Waals surface area contributed by atoms with Gasteiger partial charge in [0.25, 0.3) is 5.91 Å². The summed E-state index contributed by atoms with van der Waals surface area (Å²) in [5.41, 5.74) is 0.407. The summed E-state index contributed by atoms with van der Waals surface area (Å²) < 4.78 is 0. The molecule has 0 radical (unpaired) electrons. The first-order valence-corrected chi connectivity index (χ1v) is 4.96. The summed E-state index contributed by atoms with van der Waals surface area (Å²) in [6.07, 6.45) is 4.62. The van der Waals surface area contributed by atoms with Crippen molar-refractivity contribution in [3.63, 3.8) is 0 Å². The summed E-state index contributed by atoms with van der Waals surface area (Å²) in [5.74, 6) is -0.191. The van der Waals surface area contributed by atoms with Crippen LogP contribution in [0.2, 0.25) is 0 Å². The molecule has 1 aromatic rings. The molecule has 1 fully saturated rings. The Balaban J connectivity index is 1.97. The third-order valence-electron chi connectivity index (χ3n) is 2.50. The molecule has 1 saturated heterocycles. The van der Waals surface area contributed by atoms with E-state index in [0.29, 0.717) is 18.5 Å². The van der Waals surface area contributed by atoms with E-state index in [1.807, 2.05) is 0 Å². The molecule has 2 rings (SSSR count). The molecular formula is C10H12N4O2. The van der Waals surface area contributed by atoms with Crippen molar-refractivity contribution >= 4 is 11.8 Å². The van der Waals surface area contributed by atoms with Crippen LogP contribution in [0.15, 0.2) is 18.7 Å². The molecule has 1 aliphatic rings. The van der Waals surface area contributed by atoms with Crippen LogP contribution in [0.4, 0.5) is 0 Å². The minimum Gasteiger partial charge on any atom is -0.347 e. The lowest BCUT2D eigenvalue weighted by molar-refractivity contribution is -0.126. The van der Waals surface area contributed by atoms with Crippen molar-refractivity contribution < 1.29 is 9.59 Å². The summed E-state index contributed by atoms with van der Waals surface area (Å²) >= 11 is 0. The van der Waals surface area contributed by atoms with E-state index in [4.69, 9.17) is 0 Å². The van der Waals surface area contributed by atoms with Gasteiger partial charge >= 0.3 is 0 Å². The Hall–Kier alpha value is -1.98. The molecule has 6 heteroatoms. The van der Waals surface area contributed by atoms with Gasteiger partial charge in [-0.15, -0.1) is 0 Å². The Kier molecular flexibility index (Phi) is 2.80. The highest BCUT2D eigenvalue weighted by atomic mass is 16.2. The van der Waals surface area contributed by atoms with E-state index in [2.05, 4.69) is 15.3 Å². The summed E-state index contributed by atoms with van der Waals surface area (Å²) in [6.45, 7) is 0.554. The normalized spacial score (nSPS) is 19.9. The number of amides is 2. The molecule has 2 amide bonds. The zero-order valence-corrected chi connectivity index (χ0v) is 8.88. The zero-order valence-electron chi connectivity index (χ0n) is 8.88. The SMILES string of the molecule is CN1CC(NC(=O)c2cncnc2)CC1=O. The number of hydrogen-bond donors (Lipinski definition) is 1. The van der Waals surface area contributed by atoms with E-state index in [1.54, 1.807) is 11.9 Å². The van der Waals surface area contributed by atoms with Crippen molar-refractivity contribution in [2.75, 3.05) is 13.6 Å². The second-order valence-electron chi connectivity index (χ2n) is 3.78. The molecule has 1 unspecified atom stereocenters. The van der Waals surface area contributed by atoms with Gasteiger partial charge in [-0.25, -0.2) is 9.97 Å². The van der Waals surface area contributed by atoms with Crippen LogP contribution in [-0.4, -0.2) is 46.3 Å². The largest absolute Gasteiger partial charge is 0.347 e. The number of nitrogens with one attached hydrogen (secondary N) is 1. The van der Waals surface area contributed by atoms with E-state index < -0.39 is 0 Å². The van der Waals surface area contributed by atoms with Crippen LogP contribution in [0, 0.1) is 0 Å². The van der Waals surface area contributed by atoms with Gasteiger partial charge in [-0.1, -0.05) is 0 Å². The highest BCUT2D eigenvalue weighted by molar-refractivity contribution is 5.94. The lowest BCUT2D eigenvalue weighted by Gasteiger charge is -2.11. The van der Waals surface area contributed by atoms with Gasteiger partial charge < -0.3 is 10.2 Å². The van der Waals surface area contributed by atoms with Crippen molar-refractivity contribution in [1.29, 1.82) is 0 Å². The zero-order chi connectivity index (χ0) is 11.5. The van der Waals surface area contributed by atoms with Crippen molar-refractivity contribution in [3.05, 3.63) is 24.3 Å². The minimum atomic E-state index is -0.242. The van der Waals surface area contributed by atoms with Gasteiger partial charge in [-0.2, -0.15) is 0 Å². The third kappa shape index (κ3) is 2.16. The van der Waals surface area contributed by atoms with Gasteiger partial charge in [0.2, 0.25) is 5.91 Å². The Bertz CT molecular complexity index is 407. The number of aromatic nitrogens is 2. The van der Waals surface area contributed by atoms with Gasteiger partial charge in [0.05, 0.1) is 11.6 Å². The number of carbonyl (C=O) groups is 2. The number of nitrogens with zero attached hydrogens (tertiary/aromatic N) is 3. The number of hydrogen-bond acceptors (Lipinski definition) is 4. The average molecular weight is 220 g/mol. The first-order chi connectivity index (χ1) is 7.66. The predicted octanol–water partition coefficient (Wildman–Crippen LogP) is -0.563. The fourth-order valence-corrected chi connectivity index (χ4v) is 1.65. The number of likely N-dealkylation sites (N-methyl/N-ethyl adjacent to an activating group) is 1. The van der Waals surface area contributed by atoms with E-state index in [9.17, 15) is 9.59 Å². The highest BCUT2D eigenvalue weighted by Crippen LogP contribution is 2.08. The summed E-state index contributed by atoms with van der Waals surface area (Å²) in [4.78, 5) is 32.1.